The van der Waals surface area contributed by atoms with Crippen LogP contribution in [0.1, 0.15) is 69.1 Å². The van der Waals surface area contributed by atoms with Crippen molar-refractivity contribution in [2.24, 2.45) is 0 Å². The molecule has 0 radical (unpaired) electrons. The highest BCUT2D eigenvalue weighted by Crippen LogP contribution is 2.33. The zero-order valence-electron chi connectivity index (χ0n) is 56.7. The average molecular weight is 1310 g/mol. The van der Waals surface area contributed by atoms with E-state index in [0.717, 1.165) is 55.7 Å². The van der Waals surface area contributed by atoms with E-state index in [0.29, 0.717) is 146 Å². The topological polar surface area (TPSA) is 175 Å². The van der Waals surface area contributed by atoms with Gasteiger partial charge in [0.2, 0.25) is 0 Å². The number of ether oxygens (including phenoxy) is 14. The third-order valence-electron chi connectivity index (χ3n) is 14.3. The van der Waals surface area contributed by atoms with Crippen molar-refractivity contribution in [3.8, 4) is 34.5 Å². The first kappa shape index (κ1) is 78.8. The molecule has 0 amide bonds. The molecule has 3 aromatic carbocycles. The third-order valence-corrected chi connectivity index (χ3v) is 27.2. The SMILES string of the molecule is C=CCc1ccc(OCCOC(CC)CC(CC(CC(C)OCCOc2ccc(CCC[Si](C)(C)O[Si](C)(C)O[Si](C)(C)C)cc2OC)OCCOCCOCCOCCOC)OCCOc2ccc(CCC[Si](OC)(OC)OC)cc2OC)c(OC)c1. The molecule has 0 heterocycles. The second-order valence-electron chi connectivity index (χ2n) is 23.6. The second-order valence-corrected chi connectivity index (χ2v) is 39.3. The molecule has 0 aliphatic rings. The summed E-state index contributed by atoms with van der Waals surface area (Å²) in [6, 6.07) is 19.8. The van der Waals surface area contributed by atoms with Crippen LogP contribution in [0.25, 0.3) is 0 Å². The van der Waals surface area contributed by atoms with Gasteiger partial charge in [0.05, 0.1) is 118 Å². The van der Waals surface area contributed by atoms with E-state index in [1.165, 1.54) is 5.56 Å². The van der Waals surface area contributed by atoms with Crippen LogP contribution in [0.4, 0.5) is 0 Å². The van der Waals surface area contributed by atoms with Gasteiger partial charge in [-0.15, -0.1) is 6.58 Å². The summed E-state index contributed by atoms with van der Waals surface area (Å²) in [6.07, 6.45) is 7.79. The molecule has 3 rings (SSSR count). The van der Waals surface area contributed by atoms with E-state index >= 15 is 0 Å². The van der Waals surface area contributed by atoms with Crippen molar-refractivity contribution >= 4 is 34.0 Å². The summed E-state index contributed by atoms with van der Waals surface area (Å²) in [7, 11) is 3.01. The summed E-state index contributed by atoms with van der Waals surface area (Å²) in [4.78, 5) is 0. The molecule has 0 saturated heterocycles. The molecule has 4 unspecified atom stereocenters. The first-order valence-corrected chi connectivity index (χ1v) is 42.7. The summed E-state index contributed by atoms with van der Waals surface area (Å²) < 4.78 is 115. The van der Waals surface area contributed by atoms with E-state index in [1.54, 1.807) is 49.8 Å². The smallest absolute Gasteiger partial charge is 0.493 e. The summed E-state index contributed by atoms with van der Waals surface area (Å²) >= 11 is 0. The van der Waals surface area contributed by atoms with Gasteiger partial charge in [0, 0.05) is 34.5 Å². The number of hydrogen-bond acceptors (Lipinski definition) is 19. The van der Waals surface area contributed by atoms with Crippen molar-refractivity contribution in [1.82, 2.24) is 0 Å². The maximum atomic E-state index is 6.76. The van der Waals surface area contributed by atoms with Crippen molar-refractivity contribution in [2.45, 2.75) is 154 Å². The summed E-state index contributed by atoms with van der Waals surface area (Å²) in [6.45, 7) is 29.4. The van der Waals surface area contributed by atoms with Crippen molar-refractivity contribution in [1.29, 1.82) is 0 Å². The molecule has 0 spiro atoms. The minimum atomic E-state index is -2.68. The van der Waals surface area contributed by atoms with Gasteiger partial charge in [-0.05, 0) is 170 Å². The lowest BCUT2D eigenvalue weighted by molar-refractivity contribution is -0.0792. The lowest BCUT2D eigenvalue weighted by atomic mass is 10.00. The lowest BCUT2D eigenvalue weighted by Crippen LogP contribution is -2.51. The molecule has 0 saturated carbocycles. The molecule has 0 bridgehead atoms. The summed E-state index contributed by atoms with van der Waals surface area (Å²) in [5.41, 5.74) is 3.39. The van der Waals surface area contributed by atoms with Crippen molar-refractivity contribution in [3.63, 3.8) is 0 Å². The van der Waals surface area contributed by atoms with Gasteiger partial charge in [-0.25, -0.2) is 0 Å². The van der Waals surface area contributed by atoms with Crippen LogP contribution in [-0.2, 0) is 78.7 Å². The molecule has 19 nitrogen and oxygen atoms in total. The van der Waals surface area contributed by atoms with Crippen LogP contribution in [-0.4, -0.2) is 201 Å². The van der Waals surface area contributed by atoms with Crippen molar-refractivity contribution in [2.75, 3.05) is 142 Å². The second kappa shape index (κ2) is 44.2. The number of benzene rings is 3. The molecular formula is C65H114O19Si4. The van der Waals surface area contributed by atoms with E-state index in [2.05, 4.69) is 84.5 Å². The summed E-state index contributed by atoms with van der Waals surface area (Å²) in [5.74, 6) is 3.96. The van der Waals surface area contributed by atoms with Crippen LogP contribution in [0.15, 0.2) is 67.3 Å². The molecule has 0 aromatic heterocycles. The molecule has 0 aliphatic carbocycles. The van der Waals surface area contributed by atoms with Gasteiger partial charge < -0.3 is 87.8 Å². The first-order valence-electron chi connectivity index (χ1n) is 31.4. The summed E-state index contributed by atoms with van der Waals surface area (Å²) in [5, 5.41) is 0. The lowest BCUT2D eigenvalue weighted by Gasteiger charge is -2.37. The number of methoxy groups -OCH3 is 4. The van der Waals surface area contributed by atoms with Gasteiger partial charge >= 0.3 is 17.4 Å². The van der Waals surface area contributed by atoms with Crippen LogP contribution in [0, 0.1) is 0 Å². The van der Waals surface area contributed by atoms with E-state index in [-0.39, 0.29) is 31.0 Å². The van der Waals surface area contributed by atoms with Crippen LogP contribution in [0.3, 0.4) is 0 Å². The molecule has 0 fully saturated rings. The van der Waals surface area contributed by atoms with Gasteiger partial charge in [0.15, 0.2) is 51.1 Å². The minimum Gasteiger partial charge on any atom is -0.493 e. The van der Waals surface area contributed by atoms with E-state index < -0.39 is 34.0 Å². The molecule has 88 heavy (non-hydrogen) atoms. The third kappa shape index (κ3) is 33.2. The molecule has 4 atom stereocenters. The Bertz CT molecular complexity index is 2300. The fourth-order valence-corrected chi connectivity index (χ4v) is 25.2. The predicted octanol–water partition coefficient (Wildman–Crippen LogP) is 12.3. The largest absolute Gasteiger partial charge is 0.500 e. The molecule has 0 N–H and O–H groups in total. The van der Waals surface area contributed by atoms with Crippen molar-refractivity contribution < 1.29 is 87.8 Å². The van der Waals surface area contributed by atoms with E-state index in [1.807, 2.05) is 42.5 Å². The quantitative estimate of drug-likeness (QED) is 0.0296. The molecular weight excluding hydrogens is 1200 g/mol. The highest BCUT2D eigenvalue weighted by Gasteiger charge is 2.38. The Morgan fingerprint density at radius 1 is 0.443 bits per heavy atom. The Labute approximate surface area is 534 Å². The monoisotopic (exact) mass is 1310 g/mol. The predicted molar refractivity (Wildman–Crippen MR) is 356 cm³/mol. The van der Waals surface area contributed by atoms with Gasteiger partial charge in [-0.3, -0.25) is 0 Å². The number of rotatable bonds is 55. The zero-order valence-corrected chi connectivity index (χ0v) is 60.7. The fraction of sp³-hybridized carbons (Fsp3) is 0.692. The number of aryl methyl sites for hydroxylation is 2. The standard InChI is InChI=1S/C65H114O19Si4/c1-18-22-54-25-28-60(63(48-54)67-5)81-43-40-77-57(19-2)51-59(79-41-44-82-62-30-27-56(50-65(62)69-7)24-21-46-88(70-8,71-9)72-10)52-58(78-38-37-75-36-35-74-34-33-73-32-31-66-4)47-53(3)76-39-42-80-61-29-26-55(49-64(61)68-6)23-20-45-86(14,15)84-87(16,17)83-85(11,12)13/h18,25-30,48-50,53,57-59H,1,19-24,31-47,51-52H2,2-17H3. The Morgan fingerprint density at radius 2 is 0.852 bits per heavy atom. The zero-order chi connectivity index (χ0) is 64.7. The van der Waals surface area contributed by atoms with Crippen LogP contribution >= 0.6 is 0 Å². The maximum Gasteiger partial charge on any atom is 0.500 e. The van der Waals surface area contributed by atoms with Gasteiger partial charge in [0.25, 0.3) is 0 Å². The molecule has 0 aliphatic heterocycles. The molecule has 3 aromatic rings. The molecule has 23 heteroatoms. The van der Waals surface area contributed by atoms with Crippen LogP contribution in [0.5, 0.6) is 34.5 Å². The van der Waals surface area contributed by atoms with E-state index in [9.17, 15) is 0 Å². The normalized spacial score (nSPS) is 13.7. The van der Waals surface area contributed by atoms with Crippen molar-refractivity contribution in [3.05, 3.63) is 83.9 Å². The Morgan fingerprint density at radius 3 is 1.31 bits per heavy atom. The van der Waals surface area contributed by atoms with Gasteiger partial charge in [0.1, 0.15) is 19.8 Å². The minimum absolute atomic E-state index is 0.142. The van der Waals surface area contributed by atoms with E-state index in [4.69, 9.17) is 87.8 Å². The van der Waals surface area contributed by atoms with Crippen LogP contribution in [0.2, 0.25) is 57.9 Å². The Balaban J connectivity index is 1.73. The first-order chi connectivity index (χ1) is 42.2. The van der Waals surface area contributed by atoms with Gasteiger partial charge in [-0.1, -0.05) is 31.2 Å². The fourth-order valence-electron chi connectivity index (χ4n) is 10.3. The Hall–Kier alpha value is -3.45. The van der Waals surface area contributed by atoms with Crippen LogP contribution < -0.4 is 28.4 Å². The number of hydrogen-bond donors (Lipinski definition) is 0. The Kier molecular flexibility index (Phi) is 39.5. The van der Waals surface area contributed by atoms with Gasteiger partial charge in [-0.2, -0.15) is 0 Å². The average Bonchev–Trinajstić information content (AvgIpc) is 3.65. The highest BCUT2D eigenvalue weighted by atomic mass is 28.5. The number of allylic oxidation sites excluding steroid dienone is 1. The highest BCUT2D eigenvalue weighted by molar-refractivity contribution is 6.87. The maximum absolute atomic E-state index is 6.76. The molecule has 504 valence electrons.